The van der Waals surface area contributed by atoms with Crippen molar-refractivity contribution >= 4 is 17.3 Å². The van der Waals surface area contributed by atoms with Gasteiger partial charge in [-0.05, 0) is 6.07 Å². The average Bonchev–Trinajstić information content (AvgIpc) is 2.77. The monoisotopic (exact) mass is 282 g/mol. The number of carbonyl (C=O) groups excluding carboxylic acids is 1. The van der Waals surface area contributed by atoms with E-state index in [1.165, 1.54) is 17.1 Å². The molecule has 1 aromatic heterocycles. The normalized spacial score (nSPS) is 10.3. The van der Waals surface area contributed by atoms with E-state index in [4.69, 9.17) is 0 Å². The number of hydrogen-bond acceptors (Lipinski definition) is 4. The molecule has 104 valence electrons. The summed E-state index contributed by atoms with van der Waals surface area (Å²) in [7, 11) is 1.61. The number of nitro groups is 1. The zero-order chi connectivity index (χ0) is 14.9. The number of nitrogens with zero attached hydrogens (tertiary/aromatic N) is 3. The van der Waals surface area contributed by atoms with E-state index in [-0.39, 0.29) is 5.69 Å². The summed E-state index contributed by atoms with van der Waals surface area (Å²) >= 11 is 0. The molecule has 0 saturated heterocycles. The van der Waals surface area contributed by atoms with E-state index in [1.807, 2.05) is 0 Å². The minimum absolute atomic E-state index is 0.275. The fourth-order valence-corrected chi connectivity index (χ4v) is 1.55. The summed E-state index contributed by atoms with van der Waals surface area (Å²) in [6.07, 6.45) is 2.76. The van der Waals surface area contributed by atoms with Crippen LogP contribution in [0, 0.1) is 21.7 Å². The predicted molar refractivity (Wildman–Crippen MR) is 64.2 cm³/mol. The van der Waals surface area contributed by atoms with Gasteiger partial charge in [0.2, 0.25) is 0 Å². The summed E-state index contributed by atoms with van der Waals surface area (Å²) in [5, 5.41) is 16.9. The van der Waals surface area contributed by atoms with Crippen LogP contribution in [0.5, 0.6) is 0 Å². The molecular formula is C11H8F2N4O3. The molecule has 0 aliphatic heterocycles. The topological polar surface area (TPSA) is 90.1 Å². The summed E-state index contributed by atoms with van der Waals surface area (Å²) in [6.45, 7) is 0. The number of benzene rings is 1. The van der Waals surface area contributed by atoms with Gasteiger partial charge in [0.15, 0.2) is 11.6 Å². The van der Waals surface area contributed by atoms with Gasteiger partial charge < -0.3 is 5.32 Å². The number of nitrogens with one attached hydrogen (secondary N) is 1. The van der Waals surface area contributed by atoms with Crippen LogP contribution in [0.15, 0.2) is 24.5 Å². The van der Waals surface area contributed by atoms with E-state index in [0.29, 0.717) is 12.1 Å². The maximum Gasteiger partial charge on any atom is 0.285 e. The van der Waals surface area contributed by atoms with E-state index < -0.39 is 33.7 Å². The maximum absolute atomic E-state index is 13.1. The number of rotatable bonds is 3. The summed E-state index contributed by atoms with van der Waals surface area (Å²) in [6, 6.07) is 0.854. The Morgan fingerprint density at radius 1 is 1.40 bits per heavy atom. The molecule has 2 rings (SSSR count). The molecule has 0 aliphatic rings. The first-order chi connectivity index (χ1) is 9.38. The van der Waals surface area contributed by atoms with Crippen molar-refractivity contribution in [2.75, 3.05) is 5.32 Å². The van der Waals surface area contributed by atoms with Crippen LogP contribution >= 0.6 is 0 Å². The van der Waals surface area contributed by atoms with Crippen LogP contribution in [0.3, 0.4) is 0 Å². The quantitative estimate of drug-likeness (QED) is 0.687. The van der Waals surface area contributed by atoms with Crippen LogP contribution in [-0.2, 0) is 7.05 Å². The van der Waals surface area contributed by atoms with Crippen molar-refractivity contribution in [2.24, 2.45) is 7.05 Å². The lowest BCUT2D eigenvalue weighted by Gasteiger charge is -2.04. The number of halogens is 2. The molecule has 0 atom stereocenters. The Kier molecular flexibility index (Phi) is 3.42. The molecule has 0 fully saturated rings. The molecule has 0 saturated carbocycles. The highest BCUT2D eigenvalue weighted by molar-refractivity contribution is 6.06. The lowest BCUT2D eigenvalue weighted by atomic mass is 10.1. The lowest BCUT2D eigenvalue weighted by Crippen LogP contribution is -2.14. The number of hydrogen-bond donors (Lipinski definition) is 1. The van der Waals surface area contributed by atoms with Gasteiger partial charge >= 0.3 is 0 Å². The molecule has 0 radical (unpaired) electrons. The Balaban J connectivity index is 2.38. The fourth-order valence-electron chi connectivity index (χ4n) is 1.55. The van der Waals surface area contributed by atoms with Gasteiger partial charge in [-0.1, -0.05) is 0 Å². The molecular weight excluding hydrogens is 274 g/mol. The molecule has 0 unspecified atom stereocenters. The number of anilines is 1. The number of amides is 1. The highest BCUT2D eigenvalue weighted by atomic mass is 19.2. The summed E-state index contributed by atoms with van der Waals surface area (Å²) in [4.78, 5) is 21.7. The van der Waals surface area contributed by atoms with Gasteiger partial charge in [-0.15, -0.1) is 0 Å². The van der Waals surface area contributed by atoms with Crippen molar-refractivity contribution in [3.05, 3.63) is 51.8 Å². The smallest absolute Gasteiger partial charge is 0.285 e. The molecule has 1 N–H and O–H groups in total. The number of aryl methyl sites for hydroxylation is 1. The Hall–Kier alpha value is -2.84. The van der Waals surface area contributed by atoms with E-state index in [9.17, 15) is 23.7 Å². The van der Waals surface area contributed by atoms with E-state index in [1.54, 1.807) is 7.05 Å². The Morgan fingerprint density at radius 3 is 2.60 bits per heavy atom. The third-order valence-electron chi connectivity index (χ3n) is 2.44. The molecule has 0 spiro atoms. The molecule has 0 bridgehead atoms. The van der Waals surface area contributed by atoms with Crippen LogP contribution in [0.25, 0.3) is 0 Å². The minimum atomic E-state index is -1.39. The lowest BCUT2D eigenvalue weighted by molar-refractivity contribution is -0.385. The third-order valence-corrected chi connectivity index (χ3v) is 2.44. The highest BCUT2D eigenvalue weighted by Crippen LogP contribution is 2.23. The number of nitro benzene ring substituents is 1. The molecule has 20 heavy (non-hydrogen) atoms. The second kappa shape index (κ2) is 5.03. The Bertz CT molecular complexity index is 699. The van der Waals surface area contributed by atoms with Crippen molar-refractivity contribution in [3.63, 3.8) is 0 Å². The van der Waals surface area contributed by atoms with Gasteiger partial charge in [-0.3, -0.25) is 19.6 Å². The van der Waals surface area contributed by atoms with Crippen molar-refractivity contribution in [1.29, 1.82) is 0 Å². The summed E-state index contributed by atoms with van der Waals surface area (Å²) in [5.74, 6) is -3.66. The van der Waals surface area contributed by atoms with Crippen molar-refractivity contribution in [3.8, 4) is 0 Å². The van der Waals surface area contributed by atoms with Gasteiger partial charge in [0, 0.05) is 13.2 Å². The van der Waals surface area contributed by atoms with Crippen molar-refractivity contribution in [2.45, 2.75) is 0 Å². The molecule has 1 heterocycles. The fraction of sp³-hybridized carbons (Fsp3) is 0.0909. The molecule has 7 nitrogen and oxygen atoms in total. The van der Waals surface area contributed by atoms with Gasteiger partial charge in [0.25, 0.3) is 11.6 Å². The van der Waals surface area contributed by atoms with Gasteiger partial charge in [0.05, 0.1) is 22.9 Å². The number of aromatic nitrogens is 2. The van der Waals surface area contributed by atoms with Crippen LogP contribution < -0.4 is 5.32 Å². The second-order valence-corrected chi connectivity index (χ2v) is 3.90. The SMILES string of the molecule is Cn1cc(NC(=O)c2cc(F)c(F)cc2[N+](=O)[O-])cn1. The van der Waals surface area contributed by atoms with Crippen LogP contribution in [0.2, 0.25) is 0 Å². The van der Waals surface area contributed by atoms with Crippen LogP contribution in [0.4, 0.5) is 20.2 Å². The van der Waals surface area contributed by atoms with Gasteiger partial charge in [0.1, 0.15) is 5.56 Å². The highest BCUT2D eigenvalue weighted by Gasteiger charge is 2.24. The first kappa shape index (κ1) is 13.6. The van der Waals surface area contributed by atoms with Crippen molar-refractivity contribution < 1.29 is 18.5 Å². The molecule has 9 heteroatoms. The molecule has 2 aromatic rings. The molecule has 0 aliphatic carbocycles. The van der Waals surface area contributed by atoms with E-state index >= 15 is 0 Å². The minimum Gasteiger partial charge on any atom is -0.319 e. The maximum atomic E-state index is 13.1. The largest absolute Gasteiger partial charge is 0.319 e. The van der Waals surface area contributed by atoms with Crippen molar-refractivity contribution in [1.82, 2.24) is 9.78 Å². The first-order valence-corrected chi connectivity index (χ1v) is 5.32. The van der Waals surface area contributed by atoms with E-state index in [0.717, 1.165) is 0 Å². The zero-order valence-corrected chi connectivity index (χ0v) is 10.1. The number of carbonyl (C=O) groups is 1. The Labute approximate surface area is 111 Å². The van der Waals surface area contributed by atoms with E-state index in [2.05, 4.69) is 10.4 Å². The van der Waals surface area contributed by atoms with Gasteiger partial charge in [-0.2, -0.15) is 5.10 Å². The Morgan fingerprint density at radius 2 is 2.05 bits per heavy atom. The predicted octanol–water partition coefficient (Wildman–Crippen LogP) is 1.86. The zero-order valence-electron chi connectivity index (χ0n) is 10.1. The third kappa shape index (κ3) is 2.60. The second-order valence-electron chi connectivity index (χ2n) is 3.90. The van der Waals surface area contributed by atoms with Crippen LogP contribution in [-0.4, -0.2) is 20.6 Å². The van der Waals surface area contributed by atoms with Gasteiger partial charge in [-0.25, -0.2) is 8.78 Å². The summed E-state index contributed by atoms with van der Waals surface area (Å²) < 4.78 is 27.5. The molecule has 1 aromatic carbocycles. The average molecular weight is 282 g/mol. The summed E-state index contributed by atoms with van der Waals surface area (Å²) in [5.41, 5.74) is -1.11. The molecule has 1 amide bonds. The standard InChI is InChI=1S/C11H8F2N4O3/c1-16-5-6(4-14-16)15-11(18)7-2-8(12)9(13)3-10(7)17(19)20/h2-5H,1H3,(H,15,18). The first-order valence-electron chi connectivity index (χ1n) is 5.32. The van der Waals surface area contributed by atoms with Crippen LogP contribution in [0.1, 0.15) is 10.4 Å².